The molecule has 0 atom stereocenters. The first kappa shape index (κ1) is 36.3. The van der Waals surface area contributed by atoms with Crippen molar-refractivity contribution in [3.63, 3.8) is 0 Å². The van der Waals surface area contributed by atoms with E-state index in [1.165, 1.54) is 0 Å². The van der Waals surface area contributed by atoms with Crippen molar-refractivity contribution in [2.24, 2.45) is 0 Å². The van der Waals surface area contributed by atoms with Crippen LogP contribution in [0.5, 0.6) is 11.5 Å². The van der Waals surface area contributed by atoms with Gasteiger partial charge in [-0.2, -0.15) is 0 Å². The van der Waals surface area contributed by atoms with Gasteiger partial charge in [-0.3, -0.25) is 0 Å². The molecule has 10 heteroatoms. The SMILES string of the molecule is CC.COc1cc(C)c(SS(=O)(=O)c2ccc(C)cc2)cc1C.Cc1ccc(S(=O)(=O)Sc2cc(C)c(O)cc2C)cc1. The van der Waals surface area contributed by atoms with E-state index >= 15 is 0 Å². The van der Waals surface area contributed by atoms with Crippen LogP contribution < -0.4 is 4.74 Å². The topological polar surface area (TPSA) is 97.7 Å². The van der Waals surface area contributed by atoms with Crippen LogP contribution in [0.1, 0.15) is 47.2 Å². The predicted molar refractivity (Wildman–Crippen MR) is 180 cm³/mol. The molecule has 0 heterocycles. The Morgan fingerprint density at radius 1 is 0.558 bits per heavy atom. The Kier molecular flexibility index (Phi) is 13.2. The molecule has 232 valence electrons. The number of phenolic OH excluding ortho intramolecular Hbond substituents is 1. The molecule has 0 unspecified atom stereocenters. The number of ether oxygens (including phenoxy) is 1. The minimum absolute atomic E-state index is 0.180. The van der Waals surface area contributed by atoms with Crippen molar-refractivity contribution < 1.29 is 26.7 Å². The zero-order chi connectivity index (χ0) is 32.5. The van der Waals surface area contributed by atoms with E-state index in [0.29, 0.717) is 20.2 Å². The third kappa shape index (κ3) is 10.1. The average molecular weight is 661 g/mol. The van der Waals surface area contributed by atoms with E-state index in [1.54, 1.807) is 81.6 Å². The van der Waals surface area contributed by atoms with E-state index in [9.17, 15) is 21.9 Å². The van der Waals surface area contributed by atoms with Gasteiger partial charge in [-0.1, -0.05) is 49.2 Å². The van der Waals surface area contributed by atoms with Crippen LogP contribution in [0.15, 0.2) is 92.4 Å². The number of benzene rings is 4. The normalized spacial score (nSPS) is 11.1. The fourth-order valence-corrected chi connectivity index (χ4v) is 9.85. The van der Waals surface area contributed by atoms with Crippen LogP contribution in [-0.2, 0) is 17.7 Å². The lowest BCUT2D eigenvalue weighted by molar-refractivity contribution is 0.411. The highest BCUT2D eigenvalue weighted by Crippen LogP contribution is 2.37. The van der Waals surface area contributed by atoms with E-state index < -0.39 is 17.7 Å². The van der Waals surface area contributed by atoms with Crippen LogP contribution >= 0.6 is 21.6 Å². The number of rotatable bonds is 7. The first-order valence-electron chi connectivity index (χ1n) is 13.6. The molecule has 0 radical (unpaired) electrons. The van der Waals surface area contributed by atoms with Gasteiger partial charge < -0.3 is 9.84 Å². The number of aryl methyl sites for hydroxylation is 6. The van der Waals surface area contributed by atoms with Gasteiger partial charge in [0.15, 0.2) is 0 Å². The summed E-state index contributed by atoms with van der Waals surface area (Å²) in [6, 6.07) is 20.7. The fourth-order valence-electron chi connectivity index (χ4n) is 3.68. The number of phenols is 1. The van der Waals surface area contributed by atoms with E-state index in [2.05, 4.69) is 0 Å². The van der Waals surface area contributed by atoms with E-state index in [1.807, 2.05) is 53.7 Å². The zero-order valence-electron chi connectivity index (χ0n) is 26.0. The van der Waals surface area contributed by atoms with Crippen molar-refractivity contribution in [3.05, 3.63) is 106 Å². The second kappa shape index (κ2) is 15.7. The molecule has 0 spiro atoms. The second-order valence-electron chi connectivity index (χ2n) is 9.69. The highest BCUT2D eigenvalue weighted by Gasteiger charge is 2.20. The molecular formula is C33H40O6S4. The van der Waals surface area contributed by atoms with E-state index in [4.69, 9.17) is 4.74 Å². The molecule has 0 saturated carbocycles. The summed E-state index contributed by atoms with van der Waals surface area (Å²) in [6.07, 6.45) is 0. The van der Waals surface area contributed by atoms with Crippen molar-refractivity contribution in [2.45, 2.75) is 75.0 Å². The first-order chi connectivity index (χ1) is 20.1. The van der Waals surface area contributed by atoms with Crippen LogP contribution in [-0.4, -0.2) is 29.1 Å². The maximum atomic E-state index is 12.5. The fraction of sp³-hybridized carbons (Fsp3) is 0.273. The van der Waals surface area contributed by atoms with Crippen LogP contribution in [0.3, 0.4) is 0 Å². The molecule has 0 aliphatic heterocycles. The summed E-state index contributed by atoms with van der Waals surface area (Å²) in [6.45, 7) is 15.2. The molecule has 0 amide bonds. The molecule has 4 aromatic rings. The predicted octanol–water partition coefficient (Wildman–Crippen LogP) is 8.93. The second-order valence-corrected chi connectivity index (χ2v) is 17.3. The molecule has 6 nitrogen and oxygen atoms in total. The third-order valence-electron chi connectivity index (χ3n) is 6.20. The summed E-state index contributed by atoms with van der Waals surface area (Å²) in [7, 11) is -3.55. The molecule has 4 aromatic carbocycles. The van der Waals surface area contributed by atoms with Gasteiger partial charge in [-0.15, -0.1) is 0 Å². The summed E-state index contributed by atoms with van der Waals surface area (Å²) in [5.41, 5.74) is 5.27. The smallest absolute Gasteiger partial charge is 0.234 e. The van der Waals surface area contributed by atoms with Gasteiger partial charge >= 0.3 is 0 Å². The van der Waals surface area contributed by atoms with Crippen LogP contribution in [0, 0.1) is 41.5 Å². The minimum atomic E-state index is -3.45. The van der Waals surface area contributed by atoms with Gasteiger partial charge in [-0.25, -0.2) is 16.8 Å². The van der Waals surface area contributed by atoms with Gasteiger partial charge in [0.25, 0.3) is 0 Å². The molecule has 43 heavy (non-hydrogen) atoms. The van der Waals surface area contributed by atoms with Crippen molar-refractivity contribution in [3.8, 4) is 11.5 Å². The Balaban J connectivity index is 0.000000284. The molecule has 0 aliphatic rings. The van der Waals surface area contributed by atoms with Gasteiger partial charge in [0.05, 0.1) is 16.9 Å². The third-order valence-corrected chi connectivity index (χ3v) is 13.1. The average Bonchev–Trinajstić information content (AvgIpc) is 2.95. The number of aromatic hydroxyl groups is 1. The lowest BCUT2D eigenvalue weighted by atomic mass is 10.1. The lowest BCUT2D eigenvalue weighted by Gasteiger charge is -2.11. The maximum absolute atomic E-state index is 12.5. The van der Waals surface area contributed by atoms with E-state index in [0.717, 1.165) is 60.1 Å². The Morgan fingerprint density at radius 2 is 0.930 bits per heavy atom. The highest BCUT2D eigenvalue weighted by molar-refractivity contribution is 8.72. The van der Waals surface area contributed by atoms with Crippen molar-refractivity contribution in [2.75, 3.05) is 7.11 Å². The van der Waals surface area contributed by atoms with Gasteiger partial charge in [0.1, 0.15) is 11.5 Å². The molecule has 1 N–H and O–H groups in total. The molecule has 0 fully saturated rings. The monoisotopic (exact) mass is 660 g/mol. The maximum Gasteiger partial charge on any atom is 0.234 e. The summed E-state index contributed by atoms with van der Waals surface area (Å²) < 4.78 is 54.9. The van der Waals surface area contributed by atoms with Gasteiger partial charge in [0, 0.05) is 31.4 Å². The zero-order valence-corrected chi connectivity index (χ0v) is 29.3. The quantitative estimate of drug-likeness (QED) is 0.196. The Morgan fingerprint density at radius 3 is 1.33 bits per heavy atom. The molecular weight excluding hydrogens is 621 g/mol. The Bertz CT molecular complexity index is 1750. The van der Waals surface area contributed by atoms with Crippen molar-refractivity contribution >= 4 is 39.3 Å². The molecule has 0 aromatic heterocycles. The Hall–Kier alpha value is -2.92. The van der Waals surface area contributed by atoms with Crippen LogP contribution in [0.4, 0.5) is 0 Å². The number of hydrogen-bond donors (Lipinski definition) is 1. The van der Waals surface area contributed by atoms with Gasteiger partial charge in [-0.05, 0) is 112 Å². The standard InChI is InChI=1S/C16H18O3S2.C15H16O3S2.C2H6/c1-11-5-7-14(8-6-11)21(17,18)20-16-10-12(2)15(19-4)9-13(16)3;1-10-4-6-13(7-5-10)20(17,18)19-15-9-11(2)14(16)8-12(15)3;1-2/h5-10H,1-4H3;4-9,16H,1-3H3;1-2H3. The largest absolute Gasteiger partial charge is 0.508 e. The lowest BCUT2D eigenvalue weighted by Crippen LogP contribution is -1.97. The molecule has 4 rings (SSSR count). The van der Waals surface area contributed by atoms with Crippen molar-refractivity contribution in [1.82, 2.24) is 0 Å². The molecule has 0 saturated heterocycles. The number of methoxy groups -OCH3 is 1. The van der Waals surface area contributed by atoms with Gasteiger partial charge in [0.2, 0.25) is 17.7 Å². The summed E-state index contributed by atoms with van der Waals surface area (Å²) >= 11 is 0. The highest BCUT2D eigenvalue weighted by atomic mass is 33.1. The molecule has 0 aliphatic carbocycles. The van der Waals surface area contributed by atoms with Crippen LogP contribution in [0.2, 0.25) is 0 Å². The van der Waals surface area contributed by atoms with E-state index in [-0.39, 0.29) is 5.75 Å². The first-order valence-corrected chi connectivity index (χ1v) is 19.2. The summed E-state index contributed by atoms with van der Waals surface area (Å²) in [4.78, 5) is 1.99. The Labute approximate surface area is 264 Å². The summed E-state index contributed by atoms with van der Waals surface area (Å²) in [5.74, 6) is 0.948. The summed E-state index contributed by atoms with van der Waals surface area (Å²) in [5, 5.41) is 9.61. The van der Waals surface area contributed by atoms with Crippen LogP contribution in [0.25, 0.3) is 0 Å². The van der Waals surface area contributed by atoms with Crippen molar-refractivity contribution in [1.29, 1.82) is 0 Å². The number of hydrogen-bond acceptors (Lipinski definition) is 8. The molecule has 0 bridgehead atoms. The minimum Gasteiger partial charge on any atom is -0.508 e.